The third-order valence-corrected chi connectivity index (χ3v) is 11.6. The van der Waals surface area contributed by atoms with Crippen molar-refractivity contribution in [2.75, 3.05) is 13.2 Å². The highest BCUT2D eigenvalue weighted by Crippen LogP contribution is 2.37. The number of unbranched alkanes of at least 4 members (excludes halogenated alkanes) is 3. The number of benzene rings is 3. The number of rotatable bonds is 13. The molecular formula is C32H44O4Si. The molecule has 0 aliphatic rings. The molecule has 0 unspecified atom stereocenters. The van der Waals surface area contributed by atoms with Gasteiger partial charge in [0.25, 0.3) is 0 Å². The Kier molecular flexibility index (Phi) is 10.1. The molecule has 0 aliphatic carbocycles. The summed E-state index contributed by atoms with van der Waals surface area (Å²) in [6.45, 7) is 14.8. The Morgan fingerprint density at radius 1 is 0.676 bits per heavy atom. The molecule has 200 valence electrons. The molecule has 0 saturated carbocycles. The van der Waals surface area contributed by atoms with Crippen LogP contribution in [0.4, 0.5) is 0 Å². The van der Waals surface area contributed by atoms with Crippen LogP contribution in [0.3, 0.4) is 0 Å². The van der Waals surface area contributed by atoms with Gasteiger partial charge in [0, 0.05) is 0 Å². The van der Waals surface area contributed by atoms with Crippen LogP contribution in [0.5, 0.6) is 23.0 Å². The highest BCUT2D eigenvalue weighted by molar-refractivity contribution is 6.74. The van der Waals surface area contributed by atoms with Crippen molar-refractivity contribution in [2.45, 2.75) is 77.9 Å². The van der Waals surface area contributed by atoms with Crippen molar-refractivity contribution in [1.82, 2.24) is 0 Å². The van der Waals surface area contributed by atoms with Gasteiger partial charge in [-0.1, -0.05) is 45.9 Å². The summed E-state index contributed by atoms with van der Waals surface area (Å²) in [6, 6.07) is 22.0. The van der Waals surface area contributed by atoms with E-state index in [1.54, 1.807) is 6.07 Å². The molecule has 3 aromatic rings. The van der Waals surface area contributed by atoms with Gasteiger partial charge in [-0.05, 0) is 115 Å². The largest absolute Gasteiger partial charge is 0.543 e. The van der Waals surface area contributed by atoms with Crippen molar-refractivity contribution >= 4 is 8.32 Å². The number of phenols is 1. The molecule has 0 radical (unpaired) electrons. The fraction of sp³-hybridized carbons (Fsp3) is 0.438. The first kappa shape index (κ1) is 28.6. The van der Waals surface area contributed by atoms with Gasteiger partial charge in [0.05, 0.1) is 13.2 Å². The van der Waals surface area contributed by atoms with Crippen LogP contribution < -0.4 is 13.9 Å². The molecule has 3 rings (SSSR count). The highest BCUT2D eigenvalue weighted by Gasteiger charge is 2.38. The van der Waals surface area contributed by atoms with E-state index < -0.39 is 8.32 Å². The van der Waals surface area contributed by atoms with Gasteiger partial charge in [0.1, 0.15) is 23.0 Å². The summed E-state index contributed by atoms with van der Waals surface area (Å²) in [5.41, 5.74) is 3.20. The zero-order chi connectivity index (χ0) is 26.9. The van der Waals surface area contributed by atoms with Crippen LogP contribution in [-0.4, -0.2) is 26.6 Å². The average molecular weight is 521 g/mol. The van der Waals surface area contributed by atoms with Crippen LogP contribution in [0.25, 0.3) is 11.1 Å². The second-order valence-corrected chi connectivity index (χ2v) is 15.9. The van der Waals surface area contributed by atoms with Crippen LogP contribution >= 0.6 is 0 Å². The maximum Gasteiger partial charge on any atom is 0.250 e. The molecule has 4 nitrogen and oxygen atoms in total. The lowest BCUT2D eigenvalue weighted by atomic mass is 10.0. The van der Waals surface area contributed by atoms with Gasteiger partial charge in [-0.3, -0.25) is 0 Å². The molecule has 0 aliphatic heterocycles. The predicted octanol–water partition coefficient (Wildman–Crippen LogP) is 9.02. The normalized spacial score (nSPS) is 11.8. The number of hydrogen-bond donors (Lipinski definition) is 1. The van der Waals surface area contributed by atoms with Crippen LogP contribution in [0.1, 0.15) is 58.9 Å². The van der Waals surface area contributed by atoms with Crippen molar-refractivity contribution in [3.63, 3.8) is 0 Å². The number of hydrogen-bond acceptors (Lipinski definition) is 4. The monoisotopic (exact) mass is 520 g/mol. The van der Waals surface area contributed by atoms with Crippen LogP contribution in [0.15, 0.2) is 66.7 Å². The third kappa shape index (κ3) is 8.56. The van der Waals surface area contributed by atoms with Crippen molar-refractivity contribution in [3.05, 3.63) is 72.3 Å². The Hall–Kier alpha value is -2.92. The fourth-order valence-electron chi connectivity index (χ4n) is 3.78. The molecule has 0 amide bonds. The molecule has 0 heterocycles. The number of ether oxygens (including phenoxy) is 2. The van der Waals surface area contributed by atoms with Crippen LogP contribution in [0.2, 0.25) is 18.1 Å². The molecule has 0 bridgehead atoms. The van der Waals surface area contributed by atoms with Gasteiger partial charge >= 0.3 is 0 Å². The second kappa shape index (κ2) is 13.0. The van der Waals surface area contributed by atoms with Crippen LogP contribution in [0, 0.1) is 0 Å². The molecule has 0 aromatic heterocycles. The van der Waals surface area contributed by atoms with Gasteiger partial charge in [0.15, 0.2) is 0 Å². The summed E-state index contributed by atoms with van der Waals surface area (Å²) in [4.78, 5) is 0. The van der Waals surface area contributed by atoms with E-state index in [0.29, 0.717) is 5.75 Å². The molecule has 0 fully saturated rings. The molecular weight excluding hydrogens is 476 g/mol. The topological polar surface area (TPSA) is 47.9 Å². The Balaban J connectivity index is 1.30. The Morgan fingerprint density at radius 3 is 1.68 bits per heavy atom. The first-order chi connectivity index (χ1) is 17.6. The average Bonchev–Trinajstić information content (AvgIpc) is 2.86. The quantitative estimate of drug-likeness (QED) is 0.180. The summed E-state index contributed by atoms with van der Waals surface area (Å²) in [5.74, 6) is 3.08. The molecule has 0 spiro atoms. The summed E-state index contributed by atoms with van der Waals surface area (Å²) in [7, 11) is -1.81. The van der Waals surface area contributed by atoms with Gasteiger partial charge in [-0.25, -0.2) is 0 Å². The van der Waals surface area contributed by atoms with Gasteiger partial charge in [-0.2, -0.15) is 0 Å². The molecule has 0 saturated heterocycles. The van der Waals surface area contributed by atoms with Crippen molar-refractivity contribution < 1.29 is 19.0 Å². The Morgan fingerprint density at radius 2 is 1.16 bits per heavy atom. The van der Waals surface area contributed by atoms with Crippen molar-refractivity contribution in [1.29, 1.82) is 0 Å². The first-order valence-corrected chi connectivity index (χ1v) is 16.5. The molecule has 37 heavy (non-hydrogen) atoms. The smallest absolute Gasteiger partial charge is 0.250 e. The maximum absolute atomic E-state index is 9.90. The van der Waals surface area contributed by atoms with E-state index in [1.165, 1.54) is 0 Å². The minimum Gasteiger partial charge on any atom is -0.543 e. The van der Waals surface area contributed by atoms with Gasteiger partial charge in [-0.15, -0.1) is 0 Å². The lowest BCUT2D eigenvalue weighted by molar-refractivity contribution is 0.287. The van der Waals surface area contributed by atoms with E-state index >= 15 is 0 Å². The zero-order valence-electron chi connectivity index (χ0n) is 23.5. The second-order valence-electron chi connectivity index (χ2n) is 11.2. The predicted molar refractivity (Wildman–Crippen MR) is 157 cm³/mol. The van der Waals surface area contributed by atoms with E-state index in [0.717, 1.165) is 79.3 Å². The van der Waals surface area contributed by atoms with Crippen molar-refractivity contribution in [3.8, 4) is 34.1 Å². The minimum absolute atomic E-state index is 0.186. The summed E-state index contributed by atoms with van der Waals surface area (Å²) in [6.07, 6.45) is 5.11. The highest BCUT2D eigenvalue weighted by atomic mass is 28.4. The van der Waals surface area contributed by atoms with Gasteiger partial charge in [0.2, 0.25) is 8.32 Å². The number of phenolic OH excluding ortho intramolecular Hbond substituents is 1. The maximum atomic E-state index is 9.90. The van der Waals surface area contributed by atoms with E-state index in [4.69, 9.17) is 13.9 Å². The summed E-state index contributed by atoms with van der Waals surface area (Å²) in [5, 5.41) is 10.1. The SMILES string of the molecule is CCc1cc(-c2ccc(OCCCCCCOc3ccc(O[Si](C)(C)C(C)(C)C)cc3)cc2)ccc1O. The molecule has 3 aromatic carbocycles. The first-order valence-electron chi connectivity index (χ1n) is 13.6. The minimum atomic E-state index is -1.81. The zero-order valence-corrected chi connectivity index (χ0v) is 24.5. The van der Waals surface area contributed by atoms with Crippen LogP contribution in [-0.2, 0) is 6.42 Å². The Bertz CT molecular complexity index is 1100. The molecule has 5 heteroatoms. The number of aryl methyl sites for hydroxylation is 1. The third-order valence-electron chi connectivity index (χ3n) is 7.23. The van der Waals surface area contributed by atoms with E-state index in [9.17, 15) is 5.11 Å². The van der Waals surface area contributed by atoms with Gasteiger partial charge < -0.3 is 19.0 Å². The fourth-order valence-corrected chi connectivity index (χ4v) is 4.81. The lowest BCUT2D eigenvalue weighted by Gasteiger charge is -2.36. The number of aromatic hydroxyl groups is 1. The standard InChI is InChI=1S/C32H44O4Si/c1-7-25-24-27(14-21-31(25)33)26-12-15-28(16-13-26)34-22-10-8-9-11-23-35-29-17-19-30(20-18-29)36-37(5,6)32(2,3)4/h12-21,24,33H,7-11,22-23H2,1-6H3. The summed E-state index contributed by atoms with van der Waals surface area (Å²) >= 11 is 0. The lowest BCUT2D eigenvalue weighted by Crippen LogP contribution is -2.43. The van der Waals surface area contributed by atoms with E-state index in [1.807, 2.05) is 49.4 Å². The van der Waals surface area contributed by atoms with E-state index in [-0.39, 0.29) is 5.04 Å². The molecule has 1 N–H and O–H groups in total. The summed E-state index contributed by atoms with van der Waals surface area (Å²) < 4.78 is 18.2. The van der Waals surface area contributed by atoms with Crippen molar-refractivity contribution in [2.24, 2.45) is 0 Å². The Labute approximate surface area is 224 Å². The van der Waals surface area contributed by atoms with E-state index in [2.05, 4.69) is 52.1 Å². The molecule has 0 atom stereocenters.